The van der Waals surface area contributed by atoms with Gasteiger partial charge in [0.2, 0.25) is 0 Å². The lowest BCUT2D eigenvalue weighted by Crippen LogP contribution is -1.67. The molecular formula is C6H3BrN2S. The van der Waals surface area contributed by atoms with Gasteiger partial charge in [0.25, 0.3) is 0 Å². The van der Waals surface area contributed by atoms with Gasteiger partial charge in [-0.15, -0.1) is 5.10 Å². The minimum Gasteiger partial charge on any atom is -0.138 e. The summed E-state index contributed by atoms with van der Waals surface area (Å²) < 4.78 is 5.99. The smallest absolute Gasteiger partial charge is 0.107 e. The number of fused-ring (bicyclic) bond motifs is 1. The lowest BCUT2D eigenvalue weighted by atomic mass is 10.3. The zero-order valence-corrected chi connectivity index (χ0v) is 7.32. The Morgan fingerprint density at radius 2 is 2.30 bits per heavy atom. The van der Waals surface area contributed by atoms with Crippen LogP contribution in [-0.4, -0.2) is 9.59 Å². The Balaban J connectivity index is 2.86. The number of rotatable bonds is 0. The summed E-state index contributed by atoms with van der Waals surface area (Å²) in [6, 6.07) is 5.95. The zero-order valence-electron chi connectivity index (χ0n) is 4.91. The number of hydrogen-bond acceptors (Lipinski definition) is 3. The van der Waals surface area contributed by atoms with Gasteiger partial charge in [-0.1, -0.05) is 20.4 Å². The van der Waals surface area contributed by atoms with Crippen LogP contribution in [0.25, 0.3) is 10.2 Å². The second-order valence-corrected chi connectivity index (χ2v) is 3.59. The second kappa shape index (κ2) is 2.29. The summed E-state index contributed by atoms with van der Waals surface area (Å²) in [6.45, 7) is 0. The molecule has 0 unspecified atom stereocenters. The minimum atomic E-state index is 0.958. The first-order valence-electron chi connectivity index (χ1n) is 2.74. The maximum atomic E-state index is 3.92. The minimum absolute atomic E-state index is 0.958. The Hall–Kier alpha value is -0.480. The molecule has 0 aliphatic heterocycles. The van der Waals surface area contributed by atoms with Gasteiger partial charge in [0.15, 0.2) is 0 Å². The number of nitrogens with zero attached hydrogens (tertiary/aromatic N) is 2. The fraction of sp³-hybridized carbons (Fsp3) is 0. The van der Waals surface area contributed by atoms with Crippen LogP contribution in [0, 0.1) is 0 Å². The maximum Gasteiger partial charge on any atom is 0.107 e. The number of halogens is 1. The average Bonchev–Trinajstić information content (AvgIpc) is 2.33. The van der Waals surface area contributed by atoms with Crippen molar-refractivity contribution in [3.8, 4) is 0 Å². The van der Waals surface area contributed by atoms with Crippen molar-refractivity contribution in [1.29, 1.82) is 0 Å². The molecule has 0 fully saturated rings. The Bertz CT molecular complexity index is 357. The van der Waals surface area contributed by atoms with E-state index in [2.05, 4.69) is 25.5 Å². The fourth-order valence-corrected chi connectivity index (χ4v) is 1.64. The Morgan fingerprint density at radius 3 is 3.20 bits per heavy atom. The molecule has 0 spiro atoms. The van der Waals surface area contributed by atoms with Crippen LogP contribution in [0.3, 0.4) is 0 Å². The molecule has 1 heterocycles. The highest BCUT2D eigenvalue weighted by Crippen LogP contribution is 2.19. The third-order valence-corrected chi connectivity index (χ3v) is 2.41. The van der Waals surface area contributed by atoms with E-state index in [1.165, 1.54) is 11.5 Å². The molecule has 0 aliphatic rings. The highest BCUT2D eigenvalue weighted by Gasteiger charge is 1.96. The quantitative estimate of drug-likeness (QED) is 0.674. The van der Waals surface area contributed by atoms with Gasteiger partial charge in [-0.25, -0.2) is 0 Å². The first-order chi connectivity index (χ1) is 4.86. The average molecular weight is 215 g/mol. The van der Waals surface area contributed by atoms with Gasteiger partial charge in [0.05, 0.1) is 4.70 Å². The summed E-state index contributed by atoms with van der Waals surface area (Å²) in [6.07, 6.45) is 0. The molecule has 0 bridgehead atoms. The first kappa shape index (κ1) is 6.24. The molecule has 1 aromatic heterocycles. The maximum absolute atomic E-state index is 3.92. The Kier molecular flexibility index (Phi) is 1.43. The highest BCUT2D eigenvalue weighted by atomic mass is 79.9. The number of aromatic nitrogens is 2. The van der Waals surface area contributed by atoms with Crippen LogP contribution in [0.15, 0.2) is 22.7 Å². The molecule has 2 nitrogen and oxygen atoms in total. The summed E-state index contributed by atoms with van der Waals surface area (Å²) in [7, 11) is 0. The Labute approximate surface area is 70.2 Å². The molecule has 1 aromatic carbocycles. The van der Waals surface area contributed by atoms with Crippen LogP contribution in [-0.2, 0) is 0 Å². The van der Waals surface area contributed by atoms with Crippen molar-refractivity contribution in [2.45, 2.75) is 0 Å². The largest absolute Gasteiger partial charge is 0.138 e. The number of hydrogen-bond donors (Lipinski definition) is 0. The van der Waals surface area contributed by atoms with E-state index in [1.54, 1.807) is 0 Å². The van der Waals surface area contributed by atoms with Crippen LogP contribution in [0.2, 0.25) is 0 Å². The van der Waals surface area contributed by atoms with Crippen LogP contribution >= 0.6 is 27.5 Å². The van der Waals surface area contributed by atoms with Gasteiger partial charge in [-0.05, 0) is 29.7 Å². The van der Waals surface area contributed by atoms with E-state index in [9.17, 15) is 0 Å². The van der Waals surface area contributed by atoms with Crippen molar-refractivity contribution in [3.05, 3.63) is 22.7 Å². The van der Waals surface area contributed by atoms with Gasteiger partial charge in [0, 0.05) is 4.47 Å². The van der Waals surface area contributed by atoms with E-state index in [0.29, 0.717) is 0 Å². The van der Waals surface area contributed by atoms with Crippen LogP contribution < -0.4 is 0 Å². The topological polar surface area (TPSA) is 25.8 Å². The molecule has 0 radical (unpaired) electrons. The molecule has 0 atom stereocenters. The molecule has 0 aliphatic carbocycles. The molecule has 10 heavy (non-hydrogen) atoms. The summed E-state index contributed by atoms with van der Waals surface area (Å²) in [5.74, 6) is 0. The van der Waals surface area contributed by atoms with Crippen LogP contribution in [0.4, 0.5) is 0 Å². The third-order valence-electron chi connectivity index (χ3n) is 1.21. The summed E-state index contributed by atoms with van der Waals surface area (Å²) in [5.41, 5.74) is 0.958. The van der Waals surface area contributed by atoms with E-state index in [-0.39, 0.29) is 0 Å². The normalized spacial score (nSPS) is 10.5. The van der Waals surface area contributed by atoms with Crippen molar-refractivity contribution >= 4 is 37.7 Å². The summed E-state index contributed by atoms with van der Waals surface area (Å²) in [4.78, 5) is 0. The molecule has 0 saturated carbocycles. The molecule has 2 rings (SSSR count). The third kappa shape index (κ3) is 0.932. The number of benzene rings is 1. The lowest BCUT2D eigenvalue weighted by Gasteiger charge is -1.85. The zero-order chi connectivity index (χ0) is 6.97. The van der Waals surface area contributed by atoms with Crippen molar-refractivity contribution in [3.63, 3.8) is 0 Å². The van der Waals surface area contributed by atoms with Crippen molar-refractivity contribution in [2.75, 3.05) is 0 Å². The molecule has 0 N–H and O–H groups in total. The molecular weight excluding hydrogens is 212 g/mol. The first-order valence-corrected chi connectivity index (χ1v) is 4.30. The van der Waals surface area contributed by atoms with Crippen molar-refractivity contribution in [1.82, 2.24) is 9.59 Å². The van der Waals surface area contributed by atoms with Crippen molar-refractivity contribution < 1.29 is 0 Å². The molecule has 0 amide bonds. The fourth-order valence-electron chi connectivity index (χ4n) is 0.754. The van der Waals surface area contributed by atoms with Gasteiger partial charge < -0.3 is 0 Å². The van der Waals surface area contributed by atoms with Crippen LogP contribution in [0.5, 0.6) is 0 Å². The van der Waals surface area contributed by atoms with Gasteiger partial charge in [-0.2, -0.15) is 0 Å². The van der Waals surface area contributed by atoms with Gasteiger partial charge >= 0.3 is 0 Å². The highest BCUT2D eigenvalue weighted by molar-refractivity contribution is 9.10. The monoisotopic (exact) mass is 214 g/mol. The van der Waals surface area contributed by atoms with E-state index in [0.717, 1.165) is 14.7 Å². The molecule has 2 aromatic rings. The van der Waals surface area contributed by atoms with E-state index >= 15 is 0 Å². The van der Waals surface area contributed by atoms with Crippen molar-refractivity contribution in [2.24, 2.45) is 0 Å². The SMILES string of the molecule is Brc1ccc2snnc2c1. The van der Waals surface area contributed by atoms with Gasteiger partial charge in [-0.3, -0.25) is 0 Å². The van der Waals surface area contributed by atoms with E-state index in [1.807, 2.05) is 18.2 Å². The molecule has 0 saturated heterocycles. The molecule has 50 valence electrons. The predicted molar refractivity (Wildman–Crippen MR) is 45.1 cm³/mol. The summed E-state index contributed by atoms with van der Waals surface area (Å²) >= 11 is 4.77. The Morgan fingerprint density at radius 1 is 1.40 bits per heavy atom. The van der Waals surface area contributed by atoms with Crippen LogP contribution in [0.1, 0.15) is 0 Å². The molecule has 4 heteroatoms. The predicted octanol–water partition coefficient (Wildman–Crippen LogP) is 2.45. The van der Waals surface area contributed by atoms with Gasteiger partial charge in [0.1, 0.15) is 5.52 Å². The van der Waals surface area contributed by atoms with E-state index in [4.69, 9.17) is 0 Å². The lowest BCUT2D eigenvalue weighted by molar-refractivity contribution is 1.20. The summed E-state index contributed by atoms with van der Waals surface area (Å²) in [5, 5.41) is 3.92. The standard InChI is InChI=1S/C6H3BrN2S/c7-4-1-2-6-5(3-4)8-9-10-6/h1-3H. The van der Waals surface area contributed by atoms with E-state index < -0.39 is 0 Å². The second-order valence-electron chi connectivity index (χ2n) is 1.88.